The van der Waals surface area contributed by atoms with Crippen molar-refractivity contribution in [3.63, 3.8) is 0 Å². The molecule has 0 unspecified atom stereocenters. The molecular formula is C17H27IN4OS. The molecule has 134 valence electrons. The summed E-state index contributed by atoms with van der Waals surface area (Å²) in [7, 11) is 0. The summed E-state index contributed by atoms with van der Waals surface area (Å²) in [5.41, 5.74) is 1.28. The third-order valence-corrected chi connectivity index (χ3v) is 4.18. The van der Waals surface area contributed by atoms with E-state index in [0.29, 0.717) is 6.54 Å². The van der Waals surface area contributed by atoms with Crippen molar-refractivity contribution < 1.29 is 4.42 Å². The number of aliphatic imine (C=N–C) groups is 1. The molecule has 2 aromatic rings. The molecule has 0 fully saturated rings. The Kier molecular flexibility index (Phi) is 8.75. The summed E-state index contributed by atoms with van der Waals surface area (Å²) in [6.07, 6.45) is 2.56. The maximum absolute atomic E-state index is 5.30. The molecule has 0 atom stereocenters. The number of halogens is 1. The van der Waals surface area contributed by atoms with E-state index in [1.54, 1.807) is 17.6 Å². The molecule has 0 aliphatic carbocycles. The maximum Gasteiger partial charge on any atom is 0.191 e. The molecule has 0 amide bonds. The van der Waals surface area contributed by atoms with Crippen molar-refractivity contribution in [2.75, 3.05) is 13.1 Å². The van der Waals surface area contributed by atoms with Crippen LogP contribution in [0, 0.1) is 0 Å². The first-order valence-electron chi connectivity index (χ1n) is 7.98. The quantitative estimate of drug-likeness (QED) is 0.388. The predicted octanol–water partition coefficient (Wildman–Crippen LogP) is 3.95. The summed E-state index contributed by atoms with van der Waals surface area (Å²) in [5, 5.41) is 9.90. The van der Waals surface area contributed by atoms with Gasteiger partial charge in [0.05, 0.1) is 17.0 Å². The van der Waals surface area contributed by atoms with Gasteiger partial charge in [0, 0.05) is 30.3 Å². The molecule has 5 nitrogen and oxygen atoms in total. The van der Waals surface area contributed by atoms with Crippen LogP contribution in [0.3, 0.4) is 0 Å². The lowest BCUT2D eigenvalue weighted by Crippen LogP contribution is -2.38. The Bertz CT molecular complexity index is 617. The molecule has 7 heteroatoms. The van der Waals surface area contributed by atoms with Crippen LogP contribution in [0.15, 0.2) is 33.2 Å². The average molecular weight is 462 g/mol. The average Bonchev–Trinajstić information content (AvgIpc) is 3.15. The molecular weight excluding hydrogens is 435 g/mol. The minimum atomic E-state index is 0. The van der Waals surface area contributed by atoms with E-state index in [0.717, 1.165) is 41.9 Å². The van der Waals surface area contributed by atoms with Crippen LogP contribution >= 0.6 is 35.3 Å². The van der Waals surface area contributed by atoms with Gasteiger partial charge in [-0.25, -0.2) is 9.98 Å². The highest BCUT2D eigenvalue weighted by atomic mass is 127. The van der Waals surface area contributed by atoms with Crippen molar-refractivity contribution in [1.29, 1.82) is 0 Å². The summed E-state index contributed by atoms with van der Waals surface area (Å²) in [6, 6.07) is 3.80. The molecule has 0 saturated heterocycles. The Morgan fingerprint density at radius 3 is 2.71 bits per heavy atom. The third-order valence-electron chi connectivity index (χ3n) is 3.27. The first kappa shape index (κ1) is 21.0. The van der Waals surface area contributed by atoms with E-state index in [-0.39, 0.29) is 29.4 Å². The van der Waals surface area contributed by atoms with Crippen molar-refractivity contribution in [2.45, 2.75) is 46.1 Å². The van der Waals surface area contributed by atoms with E-state index in [9.17, 15) is 0 Å². The van der Waals surface area contributed by atoms with Gasteiger partial charge in [-0.1, -0.05) is 20.8 Å². The van der Waals surface area contributed by atoms with Crippen molar-refractivity contribution in [1.82, 2.24) is 15.6 Å². The van der Waals surface area contributed by atoms with E-state index < -0.39 is 0 Å². The second-order valence-corrected chi connectivity index (χ2v) is 7.27. The van der Waals surface area contributed by atoms with E-state index in [1.807, 2.05) is 12.1 Å². The monoisotopic (exact) mass is 462 g/mol. The van der Waals surface area contributed by atoms with Crippen molar-refractivity contribution in [2.24, 2.45) is 4.99 Å². The number of nitrogens with one attached hydrogen (secondary N) is 2. The fourth-order valence-corrected chi connectivity index (χ4v) is 2.98. The van der Waals surface area contributed by atoms with Gasteiger partial charge in [-0.05, 0) is 19.1 Å². The Labute approximate surface area is 165 Å². The minimum absolute atomic E-state index is 0. The molecule has 2 N–H and O–H groups in total. The molecule has 0 spiro atoms. The van der Waals surface area contributed by atoms with Crippen LogP contribution in [0.2, 0.25) is 0 Å². The number of furan rings is 1. The zero-order valence-electron chi connectivity index (χ0n) is 14.8. The smallest absolute Gasteiger partial charge is 0.191 e. The lowest BCUT2D eigenvalue weighted by atomic mass is 9.93. The van der Waals surface area contributed by atoms with Crippen LogP contribution in [0.25, 0.3) is 0 Å². The van der Waals surface area contributed by atoms with Crippen LogP contribution < -0.4 is 10.6 Å². The molecule has 2 rings (SSSR count). The summed E-state index contributed by atoms with van der Waals surface area (Å²) in [6.45, 7) is 10.8. The van der Waals surface area contributed by atoms with Gasteiger partial charge in [-0.3, -0.25) is 0 Å². The highest BCUT2D eigenvalue weighted by molar-refractivity contribution is 14.0. The Morgan fingerprint density at radius 2 is 2.12 bits per heavy atom. The first-order valence-corrected chi connectivity index (χ1v) is 8.86. The highest BCUT2D eigenvalue weighted by Gasteiger charge is 2.17. The largest absolute Gasteiger partial charge is 0.467 e. The minimum Gasteiger partial charge on any atom is -0.467 e. The number of rotatable bonds is 6. The fourth-order valence-electron chi connectivity index (χ4n) is 1.96. The SMILES string of the molecule is CCNC(=NCc1ccco1)NCCc1nc(C(C)(C)C)cs1.I. The number of aromatic nitrogens is 1. The van der Waals surface area contributed by atoms with Gasteiger partial charge in [0.25, 0.3) is 0 Å². The number of hydrogen-bond acceptors (Lipinski definition) is 4. The van der Waals surface area contributed by atoms with E-state index in [1.165, 1.54) is 0 Å². The summed E-state index contributed by atoms with van der Waals surface area (Å²) < 4.78 is 5.30. The molecule has 0 bridgehead atoms. The number of guanidine groups is 1. The summed E-state index contributed by atoms with van der Waals surface area (Å²) in [5.74, 6) is 1.66. The van der Waals surface area contributed by atoms with Crippen molar-refractivity contribution in [3.8, 4) is 0 Å². The Hall–Kier alpha value is -1.09. The molecule has 0 aliphatic heterocycles. The van der Waals surface area contributed by atoms with Gasteiger partial charge < -0.3 is 15.1 Å². The van der Waals surface area contributed by atoms with Crippen molar-refractivity contribution in [3.05, 3.63) is 40.2 Å². The van der Waals surface area contributed by atoms with Crippen LogP contribution in [0.1, 0.15) is 44.2 Å². The maximum atomic E-state index is 5.30. The first-order chi connectivity index (χ1) is 11.0. The van der Waals surface area contributed by atoms with E-state index >= 15 is 0 Å². The van der Waals surface area contributed by atoms with Gasteiger partial charge in [0.2, 0.25) is 0 Å². The summed E-state index contributed by atoms with van der Waals surface area (Å²) >= 11 is 1.73. The lowest BCUT2D eigenvalue weighted by molar-refractivity contribution is 0.512. The number of thiazole rings is 1. The van der Waals surface area contributed by atoms with Crippen molar-refractivity contribution >= 4 is 41.3 Å². The third kappa shape index (κ3) is 6.80. The van der Waals surface area contributed by atoms with Crippen LogP contribution in [-0.2, 0) is 18.4 Å². The Balaban J connectivity index is 0.00000288. The molecule has 2 aromatic heterocycles. The fraction of sp³-hybridized carbons (Fsp3) is 0.529. The standard InChI is InChI=1S/C17H26N4OS.HI/c1-5-18-16(20-11-13-7-6-10-22-13)19-9-8-15-21-14(12-23-15)17(2,3)4;/h6-7,10,12H,5,8-9,11H2,1-4H3,(H2,18,19,20);1H. The number of nitrogens with zero attached hydrogens (tertiary/aromatic N) is 2. The van der Waals surface area contributed by atoms with Gasteiger partial charge in [0.15, 0.2) is 5.96 Å². The van der Waals surface area contributed by atoms with Gasteiger partial charge in [-0.2, -0.15) is 0 Å². The normalized spacial score (nSPS) is 11.9. The zero-order valence-corrected chi connectivity index (χ0v) is 17.9. The van der Waals surface area contributed by atoms with E-state index in [2.05, 4.69) is 48.7 Å². The van der Waals surface area contributed by atoms with E-state index in [4.69, 9.17) is 9.40 Å². The van der Waals surface area contributed by atoms with Crippen LogP contribution in [-0.4, -0.2) is 24.0 Å². The molecule has 0 radical (unpaired) electrons. The Morgan fingerprint density at radius 1 is 1.33 bits per heavy atom. The van der Waals surface area contributed by atoms with Crippen LogP contribution in [0.5, 0.6) is 0 Å². The second-order valence-electron chi connectivity index (χ2n) is 6.33. The lowest BCUT2D eigenvalue weighted by Gasteiger charge is -2.14. The zero-order chi connectivity index (χ0) is 16.7. The molecule has 0 saturated carbocycles. The van der Waals surface area contributed by atoms with Crippen LogP contribution in [0.4, 0.5) is 0 Å². The number of hydrogen-bond donors (Lipinski definition) is 2. The molecule has 24 heavy (non-hydrogen) atoms. The predicted molar refractivity (Wildman–Crippen MR) is 111 cm³/mol. The van der Waals surface area contributed by atoms with Gasteiger partial charge >= 0.3 is 0 Å². The summed E-state index contributed by atoms with van der Waals surface area (Å²) in [4.78, 5) is 9.23. The molecule has 0 aromatic carbocycles. The highest BCUT2D eigenvalue weighted by Crippen LogP contribution is 2.23. The molecule has 0 aliphatic rings. The van der Waals surface area contributed by atoms with Gasteiger partial charge in [-0.15, -0.1) is 35.3 Å². The topological polar surface area (TPSA) is 62.5 Å². The second kappa shape index (κ2) is 10.0. The van der Waals surface area contributed by atoms with Gasteiger partial charge in [0.1, 0.15) is 12.3 Å². The molecule has 2 heterocycles.